The first kappa shape index (κ1) is 11.6. The fourth-order valence-corrected chi connectivity index (χ4v) is 2.18. The van der Waals surface area contributed by atoms with E-state index >= 15 is 0 Å². The third-order valence-electron chi connectivity index (χ3n) is 2.39. The number of ether oxygens (including phenoxy) is 1. The summed E-state index contributed by atoms with van der Waals surface area (Å²) in [5, 5.41) is 12.0. The van der Waals surface area contributed by atoms with E-state index in [9.17, 15) is 0 Å². The van der Waals surface area contributed by atoms with Crippen LogP contribution in [0.3, 0.4) is 0 Å². The van der Waals surface area contributed by atoms with Crippen LogP contribution in [0.25, 0.3) is 11.3 Å². The van der Waals surface area contributed by atoms with Crippen LogP contribution in [0.1, 0.15) is 16.3 Å². The van der Waals surface area contributed by atoms with Gasteiger partial charge >= 0.3 is 0 Å². The summed E-state index contributed by atoms with van der Waals surface area (Å²) in [5.41, 5.74) is 2.98. The molecule has 2 aromatic heterocycles. The summed E-state index contributed by atoms with van der Waals surface area (Å²) in [7, 11) is 1.51. The van der Waals surface area contributed by atoms with E-state index in [0.717, 1.165) is 22.0 Å². The van der Waals surface area contributed by atoms with E-state index in [1.807, 2.05) is 19.2 Å². The molecule has 0 saturated carbocycles. The molecule has 0 aliphatic heterocycles. The fraction of sp³-hybridized carbons (Fsp3) is 0.250. The maximum Gasteiger partial charge on any atom is 0.231 e. The van der Waals surface area contributed by atoms with Gasteiger partial charge in [-0.3, -0.25) is 0 Å². The van der Waals surface area contributed by atoms with Crippen molar-refractivity contribution in [1.29, 1.82) is 5.26 Å². The van der Waals surface area contributed by atoms with Crippen molar-refractivity contribution >= 4 is 11.3 Å². The summed E-state index contributed by atoms with van der Waals surface area (Å²) in [5.74, 6) is 0.362. The Morgan fingerprint density at radius 3 is 2.65 bits per heavy atom. The third-order valence-corrected chi connectivity index (χ3v) is 3.16. The molecule has 0 amide bonds. The molecule has 0 spiro atoms. The van der Waals surface area contributed by atoms with Gasteiger partial charge in [0.15, 0.2) is 0 Å². The summed E-state index contributed by atoms with van der Waals surface area (Å²) in [6, 6.07) is 3.85. The second-order valence-corrected chi connectivity index (χ2v) is 4.60. The first-order valence-electron chi connectivity index (χ1n) is 5.04. The molecule has 0 unspecified atom stereocenters. The molecule has 2 heterocycles. The molecule has 0 aliphatic carbocycles. The lowest BCUT2D eigenvalue weighted by Crippen LogP contribution is -1.97. The Kier molecular flexibility index (Phi) is 3.07. The summed E-state index contributed by atoms with van der Waals surface area (Å²) >= 11 is 1.58. The molecule has 0 saturated heterocycles. The molecule has 86 valence electrons. The molecular formula is C12H11N3OS. The molecule has 0 bridgehead atoms. The molecule has 0 radical (unpaired) electrons. The number of nitrogens with zero attached hydrogens (tertiary/aromatic N) is 3. The lowest BCUT2D eigenvalue weighted by Gasteiger charge is -2.06. The lowest BCUT2D eigenvalue weighted by molar-refractivity contribution is 0.395. The average molecular weight is 245 g/mol. The zero-order chi connectivity index (χ0) is 12.4. The minimum atomic E-state index is 0.362. The van der Waals surface area contributed by atoms with Gasteiger partial charge in [0.25, 0.3) is 0 Å². The van der Waals surface area contributed by atoms with E-state index in [4.69, 9.17) is 10.00 Å². The minimum absolute atomic E-state index is 0.362. The van der Waals surface area contributed by atoms with Crippen LogP contribution in [0.2, 0.25) is 0 Å². The number of aromatic nitrogens is 2. The maximum absolute atomic E-state index is 9.03. The number of pyridine rings is 1. The Morgan fingerprint density at radius 2 is 2.12 bits per heavy atom. The Balaban J connectivity index is 2.60. The smallest absolute Gasteiger partial charge is 0.231 e. The van der Waals surface area contributed by atoms with Crippen LogP contribution in [0.4, 0.5) is 0 Å². The largest absolute Gasteiger partial charge is 0.480 e. The van der Waals surface area contributed by atoms with E-state index < -0.39 is 0 Å². The van der Waals surface area contributed by atoms with Gasteiger partial charge in [-0.05, 0) is 19.9 Å². The Morgan fingerprint density at radius 1 is 1.35 bits per heavy atom. The molecular weight excluding hydrogens is 234 g/mol. The van der Waals surface area contributed by atoms with E-state index in [1.54, 1.807) is 17.4 Å². The molecule has 0 fully saturated rings. The van der Waals surface area contributed by atoms with E-state index in [-0.39, 0.29) is 0 Å². The second-order valence-electron chi connectivity index (χ2n) is 3.54. The Hall–Kier alpha value is -1.93. The van der Waals surface area contributed by atoms with Crippen molar-refractivity contribution in [2.24, 2.45) is 0 Å². The number of hydrogen-bond acceptors (Lipinski definition) is 5. The maximum atomic E-state index is 9.03. The Bertz CT molecular complexity index is 598. The van der Waals surface area contributed by atoms with Gasteiger partial charge in [0, 0.05) is 10.9 Å². The molecule has 0 aliphatic rings. The molecule has 0 atom stereocenters. The normalized spacial score (nSPS) is 10.0. The van der Waals surface area contributed by atoms with Gasteiger partial charge in [-0.1, -0.05) is 0 Å². The molecule has 17 heavy (non-hydrogen) atoms. The number of aryl methyl sites for hydroxylation is 2. The molecule has 2 rings (SSSR count). The van der Waals surface area contributed by atoms with Crippen molar-refractivity contribution in [1.82, 2.24) is 9.97 Å². The highest BCUT2D eigenvalue weighted by Crippen LogP contribution is 2.28. The summed E-state index contributed by atoms with van der Waals surface area (Å²) in [4.78, 5) is 8.67. The highest BCUT2D eigenvalue weighted by atomic mass is 32.1. The zero-order valence-corrected chi connectivity index (χ0v) is 10.6. The average Bonchev–Trinajstić information content (AvgIpc) is 2.75. The van der Waals surface area contributed by atoms with Gasteiger partial charge < -0.3 is 4.74 Å². The third kappa shape index (κ3) is 2.12. The molecule has 0 N–H and O–H groups in total. The van der Waals surface area contributed by atoms with Crippen LogP contribution < -0.4 is 4.74 Å². The first-order valence-corrected chi connectivity index (χ1v) is 5.92. The topological polar surface area (TPSA) is 58.8 Å². The highest BCUT2D eigenvalue weighted by molar-refractivity contribution is 7.09. The standard InChI is InChI=1S/C12H11N3OS/c1-7-10(11-6-17-8(2)15-11)4-9(5-13)12(14-7)16-3/h4,6H,1-3H3. The number of hydrogen-bond donors (Lipinski definition) is 0. The van der Waals surface area contributed by atoms with Crippen molar-refractivity contribution in [2.75, 3.05) is 7.11 Å². The van der Waals surface area contributed by atoms with Crippen molar-refractivity contribution in [3.8, 4) is 23.2 Å². The van der Waals surface area contributed by atoms with E-state index in [0.29, 0.717) is 11.4 Å². The lowest BCUT2D eigenvalue weighted by atomic mass is 10.1. The highest BCUT2D eigenvalue weighted by Gasteiger charge is 2.12. The molecule has 4 nitrogen and oxygen atoms in total. The molecule has 5 heteroatoms. The van der Waals surface area contributed by atoms with Gasteiger partial charge in [0.05, 0.1) is 23.5 Å². The predicted molar refractivity (Wildman–Crippen MR) is 66.1 cm³/mol. The van der Waals surface area contributed by atoms with Gasteiger partial charge in [0.1, 0.15) is 11.6 Å². The van der Waals surface area contributed by atoms with E-state index in [2.05, 4.69) is 16.0 Å². The number of thiazole rings is 1. The van der Waals surface area contributed by atoms with Crippen LogP contribution in [0, 0.1) is 25.2 Å². The van der Waals surface area contributed by atoms with Gasteiger partial charge in [-0.2, -0.15) is 5.26 Å². The SMILES string of the molecule is COc1nc(C)c(-c2csc(C)n2)cc1C#N. The fourth-order valence-electron chi connectivity index (χ4n) is 1.57. The van der Waals surface area contributed by atoms with Gasteiger partial charge in [-0.25, -0.2) is 9.97 Å². The van der Waals surface area contributed by atoms with E-state index in [1.165, 1.54) is 7.11 Å². The van der Waals surface area contributed by atoms with Crippen LogP contribution >= 0.6 is 11.3 Å². The number of rotatable bonds is 2. The quantitative estimate of drug-likeness (QED) is 0.816. The van der Waals surface area contributed by atoms with Crippen molar-refractivity contribution in [3.63, 3.8) is 0 Å². The van der Waals surface area contributed by atoms with Crippen molar-refractivity contribution in [3.05, 3.63) is 27.7 Å². The molecule has 2 aromatic rings. The monoisotopic (exact) mass is 245 g/mol. The number of nitriles is 1. The van der Waals surface area contributed by atoms with Gasteiger partial charge in [-0.15, -0.1) is 11.3 Å². The second kappa shape index (κ2) is 4.52. The van der Waals surface area contributed by atoms with Crippen molar-refractivity contribution < 1.29 is 4.74 Å². The zero-order valence-electron chi connectivity index (χ0n) is 9.81. The summed E-state index contributed by atoms with van der Waals surface area (Å²) < 4.78 is 5.06. The van der Waals surface area contributed by atoms with Crippen LogP contribution in [0.5, 0.6) is 5.88 Å². The summed E-state index contributed by atoms with van der Waals surface area (Å²) in [6.07, 6.45) is 0. The van der Waals surface area contributed by atoms with Crippen LogP contribution in [-0.2, 0) is 0 Å². The first-order chi connectivity index (χ1) is 8.15. The van der Waals surface area contributed by atoms with Gasteiger partial charge in [0.2, 0.25) is 5.88 Å². The van der Waals surface area contributed by atoms with Crippen LogP contribution in [0.15, 0.2) is 11.4 Å². The number of methoxy groups -OCH3 is 1. The minimum Gasteiger partial charge on any atom is -0.480 e. The predicted octanol–water partition coefficient (Wildman–Crippen LogP) is 2.70. The van der Waals surface area contributed by atoms with Crippen molar-refractivity contribution in [2.45, 2.75) is 13.8 Å². The summed E-state index contributed by atoms with van der Waals surface area (Å²) in [6.45, 7) is 3.83. The molecule has 0 aromatic carbocycles. The Labute approximate surface area is 104 Å². The van der Waals surface area contributed by atoms with Crippen LogP contribution in [-0.4, -0.2) is 17.1 Å².